The summed E-state index contributed by atoms with van der Waals surface area (Å²) in [5.41, 5.74) is -0.466. The normalized spacial score (nSPS) is 17.1. The predicted molar refractivity (Wildman–Crippen MR) is 79.5 cm³/mol. The van der Waals surface area contributed by atoms with Crippen LogP contribution in [0.3, 0.4) is 0 Å². The quantitative estimate of drug-likeness (QED) is 0.908. The molecule has 0 spiro atoms. The minimum atomic E-state index is -0.466. The van der Waals surface area contributed by atoms with Gasteiger partial charge in [-0.15, -0.1) is 0 Å². The fourth-order valence-corrected chi connectivity index (χ4v) is 2.64. The molecule has 8 heteroatoms. The van der Waals surface area contributed by atoms with E-state index in [9.17, 15) is 4.79 Å². The number of rotatable bonds is 2. The molecule has 2 heterocycles. The van der Waals surface area contributed by atoms with Gasteiger partial charge in [0.2, 0.25) is 10.4 Å². The largest absolute Gasteiger partial charge is 0.444 e. The van der Waals surface area contributed by atoms with Gasteiger partial charge in [-0.25, -0.2) is 4.79 Å². The third kappa shape index (κ3) is 4.49. The summed E-state index contributed by atoms with van der Waals surface area (Å²) in [6.07, 6.45) is 1.33. The molecule has 0 radical (unpaired) electrons. The zero-order valence-corrected chi connectivity index (χ0v) is 13.4. The van der Waals surface area contributed by atoms with E-state index in [1.54, 1.807) is 0 Å². The van der Waals surface area contributed by atoms with Crippen molar-refractivity contribution in [3.05, 3.63) is 4.47 Å². The number of piperidine rings is 1. The average Bonchev–Trinajstić information content (AvgIpc) is 2.74. The van der Waals surface area contributed by atoms with E-state index in [2.05, 4.69) is 19.6 Å². The van der Waals surface area contributed by atoms with Crippen LogP contribution in [0.4, 0.5) is 10.7 Å². The van der Waals surface area contributed by atoms with E-state index >= 15 is 0 Å². The predicted octanol–water partition coefficient (Wildman–Crippen LogP) is 2.69. The van der Waals surface area contributed by atoms with Crippen molar-refractivity contribution in [1.29, 1.82) is 0 Å². The van der Waals surface area contributed by atoms with Crippen LogP contribution in [0.15, 0.2) is 0 Å². The molecule has 6 nitrogen and oxygen atoms in total. The highest BCUT2D eigenvalue weighted by Gasteiger charge is 2.25. The van der Waals surface area contributed by atoms with Gasteiger partial charge in [0.15, 0.2) is 0 Å². The summed E-state index contributed by atoms with van der Waals surface area (Å²) in [6.45, 7) is 7.16. The van der Waals surface area contributed by atoms with Crippen molar-refractivity contribution < 1.29 is 9.53 Å². The maximum Gasteiger partial charge on any atom is 0.407 e. The van der Waals surface area contributed by atoms with Gasteiger partial charge in [-0.05, 0) is 45.2 Å². The first-order valence-electron chi connectivity index (χ1n) is 6.57. The van der Waals surface area contributed by atoms with Crippen LogP contribution in [0.1, 0.15) is 33.6 Å². The van der Waals surface area contributed by atoms with E-state index in [4.69, 9.17) is 16.3 Å². The third-order valence-corrected chi connectivity index (χ3v) is 3.68. The van der Waals surface area contributed by atoms with Crippen molar-refractivity contribution in [2.75, 3.05) is 18.0 Å². The lowest BCUT2D eigenvalue weighted by molar-refractivity contribution is 0.0497. The number of alkyl carbamates (subject to hydrolysis) is 1. The molecule has 20 heavy (non-hydrogen) atoms. The van der Waals surface area contributed by atoms with Crippen molar-refractivity contribution in [1.82, 2.24) is 14.7 Å². The van der Waals surface area contributed by atoms with Crippen molar-refractivity contribution in [3.63, 3.8) is 0 Å². The van der Waals surface area contributed by atoms with Crippen LogP contribution < -0.4 is 10.2 Å². The van der Waals surface area contributed by atoms with E-state index < -0.39 is 5.60 Å². The van der Waals surface area contributed by atoms with Crippen molar-refractivity contribution >= 4 is 35.2 Å². The van der Waals surface area contributed by atoms with E-state index in [1.807, 2.05) is 20.8 Å². The molecule has 1 N–H and O–H groups in total. The molecule has 0 atom stereocenters. The van der Waals surface area contributed by atoms with E-state index in [0.717, 1.165) is 25.9 Å². The van der Waals surface area contributed by atoms with Gasteiger partial charge in [0.25, 0.3) is 0 Å². The van der Waals surface area contributed by atoms with Gasteiger partial charge in [-0.2, -0.15) is 9.36 Å². The third-order valence-electron chi connectivity index (χ3n) is 2.89. The zero-order chi connectivity index (χ0) is 14.8. The Morgan fingerprint density at radius 3 is 2.60 bits per heavy atom. The van der Waals surface area contributed by atoms with Gasteiger partial charge in [0.1, 0.15) is 5.60 Å². The maximum absolute atomic E-state index is 11.7. The molecule has 0 saturated carbocycles. The first-order chi connectivity index (χ1) is 9.33. The second kappa shape index (κ2) is 6.13. The van der Waals surface area contributed by atoms with E-state index in [-0.39, 0.29) is 12.1 Å². The summed E-state index contributed by atoms with van der Waals surface area (Å²) < 4.78 is 9.89. The van der Waals surface area contributed by atoms with Gasteiger partial charge in [0, 0.05) is 30.7 Å². The fraction of sp³-hybridized carbons (Fsp3) is 0.750. The Morgan fingerprint density at radius 1 is 1.45 bits per heavy atom. The van der Waals surface area contributed by atoms with Crippen molar-refractivity contribution in [2.24, 2.45) is 0 Å². The molecule has 1 amide bonds. The molecule has 1 saturated heterocycles. The molecule has 1 aromatic rings. The Labute approximate surface area is 127 Å². The van der Waals surface area contributed by atoms with Crippen LogP contribution in [-0.2, 0) is 4.74 Å². The fourth-order valence-electron chi connectivity index (χ4n) is 2.02. The number of hydrogen-bond donors (Lipinski definition) is 1. The number of aromatic nitrogens is 2. The number of carbonyl (C=O) groups is 1. The van der Waals surface area contributed by atoms with Crippen LogP contribution >= 0.6 is 23.1 Å². The Balaban J connectivity index is 1.78. The zero-order valence-electron chi connectivity index (χ0n) is 11.9. The Kier molecular flexibility index (Phi) is 4.70. The monoisotopic (exact) mass is 318 g/mol. The van der Waals surface area contributed by atoms with Gasteiger partial charge in [-0.3, -0.25) is 0 Å². The standard InChI is InChI=1S/C12H19ClN4O2S/c1-12(2,3)19-11(18)14-8-4-6-17(7-5-8)10-15-9(13)20-16-10/h8H,4-7H2,1-3H3,(H,14,18). The molecule has 1 fully saturated rings. The number of nitrogens with one attached hydrogen (secondary N) is 1. The summed E-state index contributed by atoms with van der Waals surface area (Å²) in [5, 5.41) is 2.90. The molecule has 112 valence electrons. The number of carbonyl (C=O) groups excluding carboxylic acids is 1. The van der Waals surface area contributed by atoms with Crippen LogP contribution in [0.5, 0.6) is 0 Å². The highest BCUT2D eigenvalue weighted by Crippen LogP contribution is 2.21. The minimum Gasteiger partial charge on any atom is -0.444 e. The van der Waals surface area contributed by atoms with Gasteiger partial charge >= 0.3 is 6.09 Å². The SMILES string of the molecule is CC(C)(C)OC(=O)NC1CCN(c2nsc(Cl)n2)CC1. The number of anilines is 1. The Bertz CT molecular complexity index is 466. The summed E-state index contributed by atoms with van der Waals surface area (Å²) in [4.78, 5) is 17.9. The van der Waals surface area contributed by atoms with Crippen LogP contribution in [-0.4, -0.2) is 40.2 Å². The first-order valence-corrected chi connectivity index (χ1v) is 7.72. The van der Waals surface area contributed by atoms with Gasteiger partial charge < -0.3 is 15.0 Å². The summed E-state index contributed by atoms with van der Waals surface area (Å²) in [6, 6.07) is 0.134. The van der Waals surface area contributed by atoms with Gasteiger partial charge in [0.05, 0.1) is 0 Å². The number of hydrogen-bond acceptors (Lipinski definition) is 6. The molecule has 0 bridgehead atoms. The highest BCUT2D eigenvalue weighted by atomic mass is 35.5. The van der Waals surface area contributed by atoms with Crippen LogP contribution in [0, 0.1) is 0 Å². The summed E-state index contributed by atoms with van der Waals surface area (Å²) in [5.74, 6) is 0.677. The molecule has 2 rings (SSSR count). The minimum absolute atomic E-state index is 0.134. The molecule has 1 aromatic heterocycles. The van der Waals surface area contributed by atoms with E-state index in [0.29, 0.717) is 10.4 Å². The number of halogens is 1. The molecule has 1 aliphatic heterocycles. The van der Waals surface area contributed by atoms with Crippen LogP contribution in [0.25, 0.3) is 0 Å². The van der Waals surface area contributed by atoms with E-state index in [1.165, 1.54) is 11.5 Å². The van der Waals surface area contributed by atoms with Crippen molar-refractivity contribution in [3.8, 4) is 0 Å². The molecule has 1 aliphatic rings. The lowest BCUT2D eigenvalue weighted by Crippen LogP contribution is -2.46. The molecule has 0 unspecified atom stereocenters. The Hall–Kier alpha value is -1.08. The molecule has 0 aliphatic carbocycles. The number of amides is 1. The van der Waals surface area contributed by atoms with Crippen molar-refractivity contribution in [2.45, 2.75) is 45.3 Å². The number of ether oxygens (including phenoxy) is 1. The lowest BCUT2D eigenvalue weighted by Gasteiger charge is -2.32. The lowest BCUT2D eigenvalue weighted by atomic mass is 10.1. The number of nitrogens with zero attached hydrogens (tertiary/aromatic N) is 3. The summed E-state index contributed by atoms with van der Waals surface area (Å²) >= 11 is 6.97. The second-order valence-electron chi connectivity index (χ2n) is 5.75. The molecular formula is C12H19ClN4O2S. The van der Waals surface area contributed by atoms with Crippen LogP contribution in [0.2, 0.25) is 4.47 Å². The average molecular weight is 319 g/mol. The highest BCUT2D eigenvalue weighted by molar-refractivity contribution is 7.10. The first kappa shape index (κ1) is 15.3. The molecular weight excluding hydrogens is 300 g/mol. The maximum atomic E-state index is 11.7. The topological polar surface area (TPSA) is 67.3 Å². The molecule has 0 aromatic carbocycles. The van der Waals surface area contributed by atoms with Gasteiger partial charge in [-0.1, -0.05) is 0 Å². The Morgan fingerprint density at radius 2 is 2.10 bits per heavy atom. The second-order valence-corrected chi connectivity index (χ2v) is 7.09. The summed E-state index contributed by atoms with van der Waals surface area (Å²) in [7, 11) is 0. The smallest absolute Gasteiger partial charge is 0.407 e.